The van der Waals surface area contributed by atoms with Crippen LogP contribution >= 0.6 is 0 Å². The monoisotopic (exact) mass is 400 g/mol. The van der Waals surface area contributed by atoms with Crippen LogP contribution < -0.4 is 26.0 Å². The second-order valence-corrected chi connectivity index (χ2v) is 6.77. The van der Waals surface area contributed by atoms with Crippen molar-refractivity contribution in [3.05, 3.63) is 81.1 Å². The number of methoxy groups -OCH3 is 1. The Balaban J connectivity index is 1.78. The molecule has 9 nitrogen and oxygen atoms in total. The lowest BCUT2D eigenvalue weighted by atomic mass is 10.3. The largest absolute Gasteiger partial charge is 0.495 e. The first-order valence-corrected chi connectivity index (χ1v) is 9.18. The number of ether oxygens (including phenoxy) is 1. The number of carbonyl (C=O) groups excluding carboxylic acids is 1. The number of rotatable bonds is 6. The summed E-state index contributed by atoms with van der Waals surface area (Å²) < 4.78 is 20.7. The van der Waals surface area contributed by atoms with E-state index in [9.17, 15) is 18.6 Å². The first-order valence-electron chi connectivity index (χ1n) is 8.03. The van der Waals surface area contributed by atoms with Crippen LogP contribution in [0.4, 0.5) is 11.4 Å². The fourth-order valence-corrected chi connectivity index (χ4v) is 3.29. The van der Waals surface area contributed by atoms with E-state index in [1.807, 2.05) is 4.98 Å². The number of nitrogens with one attached hydrogen (secondary N) is 4. The van der Waals surface area contributed by atoms with Gasteiger partial charge in [0.25, 0.3) is 11.5 Å². The molecule has 10 heteroatoms. The van der Waals surface area contributed by atoms with Gasteiger partial charge in [0.2, 0.25) is 0 Å². The van der Waals surface area contributed by atoms with E-state index in [2.05, 4.69) is 15.0 Å². The molecule has 1 atom stereocenters. The minimum absolute atomic E-state index is 0.188. The van der Waals surface area contributed by atoms with Crippen LogP contribution in [0.1, 0.15) is 10.5 Å². The molecule has 1 unspecified atom stereocenters. The summed E-state index contributed by atoms with van der Waals surface area (Å²) in [6.07, 6.45) is 0. The quantitative estimate of drug-likeness (QED) is 0.497. The number of aromatic amines is 2. The summed E-state index contributed by atoms with van der Waals surface area (Å²) >= 11 is 0. The number of hydrogen-bond acceptors (Lipinski definition) is 5. The minimum atomic E-state index is -1.62. The van der Waals surface area contributed by atoms with Crippen LogP contribution in [0.25, 0.3) is 0 Å². The molecule has 0 aliphatic heterocycles. The summed E-state index contributed by atoms with van der Waals surface area (Å²) in [6, 6.07) is 14.4. The third-order valence-electron chi connectivity index (χ3n) is 3.62. The number of anilines is 2. The van der Waals surface area contributed by atoms with Gasteiger partial charge in [-0.05, 0) is 30.3 Å². The average Bonchev–Trinajstić information content (AvgIpc) is 2.68. The van der Waals surface area contributed by atoms with Crippen LogP contribution in [0.5, 0.6) is 5.75 Å². The number of hydrogen-bond donors (Lipinski definition) is 4. The van der Waals surface area contributed by atoms with E-state index in [4.69, 9.17) is 4.74 Å². The van der Waals surface area contributed by atoms with E-state index >= 15 is 0 Å². The highest BCUT2D eigenvalue weighted by Gasteiger charge is 2.11. The molecule has 1 heterocycles. The van der Waals surface area contributed by atoms with Crippen molar-refractivity contribution in [2.24, 2.45) is 0 Å². The molecular weight excluding hydrogens is 384 g/mol. The molecule has 0 aliphatic carbocycles. The van der Waals surface area contributed by atoms with E-state index in [-0.39, 0.29) is 5.69 Å². The summed E-state index contributed by atoms with van der Waals surface area (Å²) in [7, 11) is -0.105. The van der Waals surface area contributed by atoms with E-state index in [0.717, 1.165) is 6.07 Å². The molecule has 0 saturated carbocycles. The third kappa shape index (κ3) is 4.54. The molecule has 1 amide bonds. The lowest BCUT2D eigenvalue weighted by Gasteiger charge is -2.11. The summed E-state index contributed by atoms with van der Waals surface area (Å²) in [4.78, 5) is 39.5. The molecule has 0 radical (unpaired) electrons. The summed E-state index contributed by atoms with van der Waals surface area (Å²) in [5.74, 6) is -0.137. The second kappa shape index (κ2) is 8.35. The molecule has 4 N–H and O–H groups in total. The SMILES string of the molecule is COc1ccccc1NS(=O)c1cccc(NC(=O)c2cc(=O)[nH]c(=O)[nH]2)c1. The maximum absolute atomic E-state index is 12.6. The van der Waals surface area contributed by atoms with Crippen molar-refractivity contribution >= 4 is 28.3 Å². The van der Waals surface area contributed by atoms with Crippen molar-refractivity contribution in [2.75, 3.05) is 17.1 Å². The van der Waals surface area contributed by atoms with Crippen LogP contribution in [0.2, 0.25) is 0 Å². The van der Waals surface area contributed by atoms with Crippen LogP contribution in [0.15, 0.2) is 69.1 Å². The molecule has 1 aromatic heterocycles. The van der Waals surface area contributed by atoms with Crippen molar-refractivity contribution in [1.82, 2.24) is 9.97 Å². The van der Waals surface area contributed by atoms with Gasteiger partial charge in [0.05, 0.1) is 17.7 Å². The highest BCUT2D eigenvalue weighted by atomic mass is 32.2. The Hall–Kier alpha value is -3.66. The predicted molar refractivity (Wildman–Crippen MR) is 105 cm³/mol. The number of amides is 1. The topological polar surface area (TPSA) is 133 Å². The molecule has 2 aromatic carbocycles. The Labute approximate surface area is 161 Å². The molecular formula is C18H16N4O5S. The Morgan fingerprint density at radius 3 is 2.57 bits per heavy atom. The molecule has 0 saturated heterocycles. The molecule has 28 heavy (non-hydrogen) atoms. The maximum Gasteiger partial charge on any atom is 0.326 e. The number of benzene rings is 2. The van der Waals surface area contributed by atoms with Gasteiger partial charge in [-0.1, -0.05) is 18.2 Å². The van der Waals surface area contributed by atoms with Gasteiger partial charge in [-0.25, -0.2) is 9.00 Å². The first kappa shape index (κ1) is 19.1. The van der Waals surface area contributed by atoms with Crippen molar-refractivity contribution in [1.29, 1.82) is 0 Å². The standard InChI is InChI=1S/C18H16N4O5S/c1-27-15-8-3-2-7-13(15)22-28(26)12-6-4-5-11(9-12)19-17(24)14-10-16(23)21-18(25)20-14/h2-10,22H,1H3,(H,19,24)(H2,20,21,23,25). The molecule has 3 rings (SSSR count). The highest BCUT2D eigenvalue weighted by Crippen LogP contribution is 2.25. The summed E-state index contributed by atoms with van der Waals surface area (Å²) in [6.45, 7) is 0. The highest BCUT2D eigenvalue weighted by molar-refractivity contribution is 7.86. The number of carbonyl (C=O) groups is 1. The molecule has 3 aromatic rings. The fraction of sp³-hybridized carbons (Fsp3) is 0.0556. The van der Waals surface area contributed by atoms with Gasteiger partial charge in [-0.3, -0.25) is 19.3 Å². The zero-order chi connectivity index (χ0) is 20.1. The Morgan fingerprint density at radius 2 is 1.82 bits per heavy atom. The molecule has 0 bridgehead atoms. The van der Waals surface area contributed by atoms with Gasteiger partial charge in [-0.2, -0.15) is 0 Å². The maximum atomic E-state index is 12.6. The van der Waals surface area contributed by atoms with E-state index in [1.165, 1.54) is 13.2 Å². The third-order valence-corrected chi connectivity index (χ3v) is 4.71. The van der Waals surface area contributed by atoms with Crippen molar-refractivity contribution in [3.8, 4) is 5.75 Å². The summed E-state index contributed by atoms with van der Waals surface area (Å²) in [5, 5.41) is 2.55. The second-order valence-electron chi connectivity index (χ2n) is 5.55. The molecule has 0 fully saturated rings. The van der Waals surface area contributed by atoms with Gasteiger partial charge in [0, 0.05) is 11.8 Å². The zero-order valence-corrected chi connectivity index (χ0v) is 15.5. The van der Waals surface area contributed by atoms with Crippen LogP contribution in [0, 0.1) is 0 Å². The van der Waals surface area contributed by atoms with E-state index in [1.54, 1.807) is 42.5 Å². The van der Waals surface area contributed by atoms with Crippen LogP contribution in [-0.2, 0) is 11.0 Å². The summed E-state index contributed by atoms with van der Waals surface area (Å²) in [5.41, 5.74) is -0.761. The van der Waals surface area contributed by atoms with Gasteiger partial charge in [-0.15, -0.1) is 0 Å². The molecule has 0 aliphatic rings. The fourth-order valence-electron chi connectivity index (χ4n) is 2.37. The Morgan fingerprint density at radius 1 is 1.04 bits per heavy atom. The molecule has 0 spiro atoms. The lowest BCUT2D eigenvalue weighted by Crippen LogP contribution is -2.27. The number of aromatic nitrogens is 2. The zero-order valence-electron chi connectivity index (χ0n) is 14.6. The van der Waals surface area contributed by atoms with Crippen LogP contribution in [0.3, 0.4) is 0 Å². The minimum Gasteiger partial charge on any atom is -0.495 e. The lowest BCUT2D eigenvalue weighted by molar-refractivity contribution is 0.102. The molecule has 144 valence electrons. The number of H-pyrrole nitrogens is 2. The van der Waals surface area contributed by atoms with Gasteiger partial charge >= 0.3 is 5.69 Å². The van der Waals surface area contributed by atoms with Crippen molar-refractivity contribution in [2.45, 2.75) is 4.90 Å². The first-order chi connectivity index (χ1) is 13.5. The van der Waals surface area contributed by atoms with Gasteiger partial charge in [0.15, 0.2) is 0 Å². The normalized spacial score (nSPS) is 11.5. The average molecular weight is 400 g/mol. The number of para-hydroxylation sites is 2. The smallest absolute Gasteiger partial charge is 0.326 e. The Kier molecular flexibility index (Phi) is 5.70. The van der Waals surface area contributed by atoms with Crippen molar-refractivity contribution in [3.63, 3.8) is 0 Å². The Bertz CT molecular complexity index is 1130. The van der Waals surface area contributed by atoms with Gasteiger partial charge < -0.3 is 15.0 Å². The predicted octanol–water partition coefficient (Wildman–Crippen LogP) is 1.46. The van der Waals surface area contributed by atoms with Crippen molar-refractivity contribution < 1.29 is 13.7 Å². The van der Waals surface area contributed by atoms with E-state index < -0.39 is 28.1 Å². The van der Waals surface area contributed by atoms with Gasteiger partial charge in [0.1, 0.15) is 22.4 Å². The van der Waals surface area contributed by atoms with E-state index in [0.29, 0.717) is 22.0 Å². The van der Waals surface area contributed by atoms with Crippen LogP contribution in [-0.4, -0.2) is 27.2 Å².